The summed E-state index contributed by atoms with van der Waals surface area (Å²) in [5.74, 6) is 0.246. The van der Waals surface area contributed by atoms with Gasteiger partial charge in [0.2, 0.25) is 0 Å². The zero-order valence-corrected chi connectivity index (χ0v) is 23.2. The van der Waals surface area contributed by atoms with E-state index in [0.717, 1.165) is 27.6 Å². The number of benzene rings is 6. The molecule has 0 fully saturated rings. The summed E-state index contributed by atoms with van der Waals surface area (Å²) in [5, 5.41) is 7.55. The number of furan rings is 1. The molecular formula is C40H24N2O. The molecule has 0 N–H and O–H groups in total. The van der Waals surface area contributed by atoms with E-state index in [1.54, 1.807) is 0 Å². The molecular weight excluding hydrogens is 524 g/mol. The molecule has 2 aromatic heterocycles. The second-order valence-corrected chi connectivity index (χ2v) is 12.0. The van der Waals surface area contributed by atoms with Gasteiger partial charge in [-0.15, -0.1) is 0 Å². The minimum atomic E-state index is 0.246. The maximum absolute atomic E-state index is 6.24. The summed E-state index contributed by atoms with van der Waals surface area (Å²) < 4.78 is 8.76. The molecule has 0 spiro atoms. The Hall–Kier alpha value is -5.54. The topological polar surface area (TPSA) is 21.3 Å². The van der Waals surface area contributed by atoms with Crippen molar-refractivity contribution in [3.05, 3.63) is 145 Å². The van der Waals surface area contributed by atoms with Crippen molar-refractivity contribution in [3.63, 3.8) is 0 Å². The number of hydrogen-bond acceptors (Lipinski definition) is 2. The van der Waals surface area contributed by atoms with Crippen LogP contribution < -0.4 is 4.90 Å². The highest BCUT2D eigenvalue weighted by molar-refractivity contribution is 6.27. The molecule has 1 aliphatic carbocycles. The van der Waals surface area contributed by atoms with Gasteiger partial charge in [0, 0.05) is 55.4 Å². The normalized spacial score (nSPS) is 18.2. The van der Waals surface area contributed by atoms with Crippen LogP contribution in [0.15, 0.2) is 138 Å². The van der Waals surface area contributed by atoms with Crippen LogP contribution in [0.25, 0.3) is 65.8 Å². The van der Waals surface area contributed by atoms with Crippen LogP contribution in [-0.4, -0.2) is 10.6 Å². The smallest absolute Gasteiger partial charge is 0.135 e. The summed E-state index contributed by atoms with van der Waals surface area (Å²) >= 11 is 0. The Morgan fingerprint density at radius 2 is 1.37 bits per heavy atom. The standard InChI is InChI=1S/C40H24N2O/c1-2-13-28-26(12-1)36-29-14-4-7-18-33(29)41(23-20-21-35-31(22-23)25-11-5-8-19-34(25)43-35)40(36)37-30-16-9-15-27-24-10-3-6-17-32(24)42(38(27)30)39(28)37/h1-22,30,38H. The molecule has 2 aliphatic heterocycles. The van der Waals surface area contributed by atoms with Gasteiger partial charge in [-0.1, -0.05) is 97.1 Å². The molecule has 6 aromatic carbocycles. The zero-order chi connectivity index (χ0) is 27.8. The molecule has 3 aliphatic rings. The van der Waals surface area contributed by atoms with Crippen LogP contribution in [0, 0.1) is 0 Å². The predicted molar refractivity (Wildman–Crippen MR) is 178 cm³/mol. The van der Waals surface area contributed by atoms with E-state index in [4.69, 9.17) is 4.42 Å². The Kier molecular flexibility index (Phi) is 3.93. The predicted octanol–water partition coefficient (Wildman–Crippen LogP) is 10.4. The van der Waals surface area contributed by atoms with E-state index in [1.165, 1.54) is 60.7 Å². The minimum absolute atomic E-state index is 0.246. The fourth-order valence-corrected chi connectivity index (χ4v) is 8.45. The molecule has 3 heteroatoms. The Morgan fingerprint density at radius 3 is 2.30 bits per heavy atom. The quantitative estimate of drug-likeness (QED) is 0.203. The van der Waals surface area contributed by atoms with Crippen molar-refractivity contribution in [1.82, 2.24) is 4.57 Å². The van der Waals surface area contributed by atoms with Crippen LogP contribution in [0.3, 0.4) is 0 Å². The van der Waals surface area contributed by atoms with E-state index >= 15 is 0 Å². The third-order valence-corrected chi connectivity index (χ3v) is 10.0. The van der Waals surface area contributed by atoms with Crippen molar-refractivity contribution in [2.24, 2.45) is 0 Å². The monoisotopic (exact) mass is 548 g/mol. The fourth-order valence-electron chi connectivity index (χ4n) is 8.45. The average molecular weight is 549 g/mol. The molecule has 8 aromatic rings. The van der Waals surface area contributed by atoms with E-state index in [-0.39, 0.29) is 12.0 Å². The van der Waals surface area contributed by atoms with E-state index < -0.39 is 0 Å². The van der Waals surface area contributed by atoms with Gasteiger partial charge in [-0.3, -0.25) is 0 Å². The van der Waals surface area contributed by atoms with Crippen molar-refractivity contribution in [1.29, 1.82) is 0 Å². The molecule has 43 heavy (non-hydrogen) atoms. The molecule has 0 amide bonds. The molecule has 200 valence electrons. The van der Waals surface area contributed by atoms with Gasteiger partial charge in [-0.25, -0.2) is 0 Å². The number of para-hydroxylation sites is 3. The summed E-state index contributed by atoms with van der Waals surface area (Å²) in [5.41, 5.74) is 12.4. The maximum Gasteiger partial charge on any atom is 0.135 e. The summed E-state index contributed by atoms with van der Waals surface area (Å²) in [7, 11) is 0. The van der Waals surface area contributed by atoms with Crippen LogP contribution in [-0.2, 0) is 0 Å². The number of nitrogens with zero attached hydrogens (tertiary/aromatic N) is 2. The van der Waals surface area contributed by atoms with Crippen molar-refractivity contribution < 1.29 is 4.42 Å². The number of aromatic nitrogens is 1. The maximum atomic E-state index is 6.24. The van der Waals surface area contributed by atoms with E-state index in [2.05, 4.69) is 137 Å². The number of hydrogen-bond donors (Lipinski definition) is 0. The van der Waals surface area contributed by atoms with E-state index in [0.29, 0.717) is 0 Å². The number of rotatable bonds is 1. The second-order valence-electron chi connectivity index (χ2n) is 12.0. The van der Waals surface area contributed by atoms with Crippen LogP contribution >= 0.6 is 0 Å². The first kappa shape index (κ1) is 22.1. The third kappa shape index (κ3) is 2.58. The molecule has 3 nitrogen and oxygen atoms in total. The lowest BCUT2D eigenvalue weighted by atomic mass is 9.83. The van der Waals surface area contributed by atoms with Gasteiger partial charge in [0.25, 0.3) is 0 Å². The van der Waals surface area contributed by atoms with Crippen LogP contribution in [0.1, 0.15) is 17.0 Å². The Labute approximate surface area is 247 Å². The van der Waals surface area contributed by atoms with Crippen LogP contribution in [0.2, 0.25) is 0 Å². The number of allylic oxidation sites excluding steroid dienone is 2. The highest BCUT2D eigenvalue weighted by Crippen LogP contribution is 2.62. The molecule has 0 bridgehead atoms. The van der Waals surface area contributed by atoms with E-state index in [1.807, 2.05) is 6.07 Å². The first-order valence-electron chi connectivity index (χ1n) is 15.0. The van der Waals surface area contributed by atoms with Gasteiger partial charge in [-0.2, -0.15) is 0 Å². The molecule has 0 saturated heterocycles. The van der Waals surface area contributed by atoms with Gasteiger partial charge >= 0.3 is 0 Å². The van der Waals surface area contributed by atoms with Crippen molar-refractivity contribution >= 4 is 71.5 Å². The lowest BCUT2D eigenvalue weighted by Crippen LogP contribution is -2.26. The van der Waals surface area contributed by atoms with Crippen LogP contribution in [0.5, 0.6) is 0 Å². The Morgan fingerprint density at radius 1 is 0.628 bits per heavy atom. The molecule has 4 heterocycles. The second kappa shape index (κ2) is 7.64. The van der Waals surface area contributed by atoms with Crippen molar-refractivity contribution in [2.75, 3.05) is 4.90 Å². The highest BCUT2D eigenvalue weighted by Gasteiger charge is 2.49. The van der Waals surface area contributed by atoms with E-state index in [9.17, 15) is 0 Å². The lowest BCUT2D eigenvalue weighted by molar-refractivity contribution is 0.669. The first-order valence-corrected chi connectivity index (χ1v) is 15.0. The summed E-state index contributed by atoms with van der Waals surface area (Å²) in [6.45, 7) is 0. The van der Waals surface area contributed by atoms with Crippen LogP contribution in [0.4, 0.5) is 11.4 Å². The zero-order valence-electron chi connectivity index (χ0n) is 23.2. The van der Waals surface area contributed by atoms with Gasteiger partial charge < -0.3 is 13.9 Å². The third-order valence-electron chi connectivity index (χ3n) is 10.0. The summed E-state index contributed by atoms with van der Waals surface area (Å²) in [6, 6.07) is 42.2. The van der Waals surface area contributed by atoms with Crippen molar-refractivity contribution in [3.8, 4) is 5.69 Å². The number of fused-ring (bicyclic) bond motifs is 16. The molecule has 0 radical (unpaired) electrons. The highest BCUT2D eigenvalue weighted by atomic mass is 16.3. The minimum Gasteiger partial charge on any atom is -0.456 e. The molecule has 2 atom stereocenters. The SMILES string of the molecule is C1=CC2c3c(c4ccccc4c4c5ccccc5n(-c5ccc6oc7ccccc7c6c5)c34)N3c4ccccc4C(=C1)C23. The van der Waals surface area contributed by atoms with Gasteiger partial charge in [0.15, 0.2) is 0 Å². The molecule has 0 saturated carbocycles. The largest absolute Gasteiger partial charge is 0.456 e. The molecule has 2 unspecified atom stereocenters. The first-order chi connectivity index (χ1) is 21.4. The Balaban J connectivity index is 1.35. The van der Waals surface area contributed by atoms with Gasteiger partial charge in [-0.05, 0) is 47.4 Å². The Bertz CT molecular complexity index is 2590. The number of anilines is 2. The molecule has 11 rings (SSSR count). The van der Waals surface area contributed by atoms with Gasteiger partial charge in [0.05, 0.1) is 22.8 Å². The lowest BCUT2D eigenvalue weighted by Gasteiger charge is -2.24. The van der Waals surface area contributed by atoms with Crippen molar-refractivity contribution in [2.45, 2.75) is 12.0 Å². The summed E-state index contributed by atoms with van der Waals surface area (Å²) in [6.07, 6.45) is 7.05. The summed E-state index contributed by atoms with van der Waals surface area (Å²) in [4.78, 5) is 2.64. The fraction of sp³-hybridized carbons (Fsp3) is 0.0500. The average Bonchev–Trinajstić information content (AvgIpc) is 3.80. The van der Waals surface area contributed by atoms with Gasteiger partial charge in [0.1, 0.15) is 11.2 Å².